The van der Waals surface area contributed by atoms with E-state index < -0.39 is 0 Å². The molecule has 140 valence electrons. The summed E-state index contributed by atoms with van der Waals surface area (Å²) in [5.74, 6) is -0.240. The van der Waals surface area contributed by atoms with Gasteiger partial charge < -0.3 is 10.6 Å². The average molecular weight is 421 g/mol. The van der Waals surface area contributed by atoms with Gasteiger partial charge in [-0.15, -0.1) is 0 Å². The van der Waals surface area contributed by atoms with Crippen LogP contribution in [-0.4, -0.2) is 28.1 Å². The number of aromatic nitrogens is 2. The van der Waals surface area contributed by atoms with Crippen LogP contribution in [-0.2, 0) is 16.1 Å². The molecule has 0 bridgehead atoms. The second-order valence-electron chi connectivity index (χ2n) is 6.36. The minimum Gasteiger partial charge on any atom is -0.356 e. The van der Waals surface area contributed by atoms with E-state index in [9.17, 15) is 9.59 Å². The zero-order chi connectivity index (χ0) is 19.1. The van der Waals surface area contributed by atoms with Crippen molar-refractivity contribution in [3.63, 3.8) is 0 Å². The van der Waals surface area contributed by atoms with Crippen LogP contribution in [0, 0.1) is 13.8 Å². The lowest BCUT2D eigenvalue weighted by molar-refractivity contribution is -0.122. The van der Waals surface area contributed by atoms with E-state index >= 15 is 0 Å². The molecule has 1 aromatic carbocycles. The largest absolute Gasteiger partial charge is 0.356 e. The Kier molecular flexibility index (Phi) is 7.38. The Bertz CT molecular complexity index is 755. The second kappa shape index (κ2) is 9.52. The van der Waals surface area contributed by atoms with Gasteiger partial charge in [-0.2, -0.15) is 5.10 Å². The maximum atomic E-state index is 12.3. The van der Waals surface area contributed by atoms with Crippen molar-refractivity contribution in [1.29, 1.82) is 0 Å². The van der Waals surface area contributed by atoms with Crippen molar-refractivity contribution < 1.29 is 9.59 Å². The summed E-state index contributed by atoms with van der Waals surface area (Å²) in [5.41, 5.74) is 3.02. The minimum absolute atomic E-state index is 0.0833. The summed E-state index contributed by atoms with van der Waals surface area (Å²) >= 11 is 3.39. The minimum atomic E-state index is -0.336. The van der Waals surface area contributed by atoms with Crippen molar-refractivity contribution in [3.05, 3.63) is 51.8 Å². The van der Waals surface area contributed by atoms with Gasteiger partial charge in [0.25, 0.3) is 0 Å². The highest BCUT2D eigenvalue weighted by molar-refractivity contribution is 9.10. The van der Waals surface area contributed by atoms with Gasteiger partial charge in [0.15, 0.2) is 0 Å². The van der Waals surface area contributed by atoms with Crippen LogP contribution < -0.4 is 10.6 Å². The van der Waals surface area contributed by atoms with Crippen LogP contribution in [0.5, 0.6) is 0 Å². The van der Waals surface area contributed by atoms with Crippen LogP contribution in [0.25, 0.3) is 0 Å². The summed E-state index contributed by atoms with van der Waals surface area (Å²) in [6.07, 6.45) is 1.01. The van der Waals surface area contributed by atoms with E-state index in [1.165, 1.54) is 6.92 Å². The SMILES string of the molecule is CC(=O)NC(CC(=O)NCCCn1nc(C)cc1C)c1ccc(Br)cc1. The molecule has 0 aliphatic carbocycles. The molecule has 6 nitrogen and oxygen atoms in total. The third-order valence-electron chi connectivity index (χ3n) is 4.01. The van der Waals surface area contributed by atoms with E-state index in [-0.39, 0.29) is 24.3 Å². The Labute approximate surface area is 162 Å². The number of hydrogen-bond acceptors (Lipinski definition) is 3. The lowest BCUT2D eigenvalue weighted by Crippen LogP contribution is -2.33. The number of nitrogens with zero attached hydrogens (tertiary/aromatic N) is 2. The summed E-state index contributed by atoms with van der Waals surface area (Å²) in [7, 11) is 0. The Morgan fingerprint density at radius 1 is 1.23 bits per heavy atom. The fourth-order valence-corrected chi connectivity index (χ4v) is 3.07. The lowest BCUT2D eigenvalue weighted by Gasteiger charge is -2.18. The van der Waals surface area contributed by atoms with Gasteiger partial charge in [-0.05, 0) is 44.0 Å². The fraction of sp³-hybridized carbons (Fsp3) is 0.421. The molecule has 0 aliphatic heterocycles. The van der Waals surface area contributed by atoms with Gasteiger partial charge in [0.2, 0.25) is 11.8 Å². The summed E-state index contributed by atoms with van der Waals surface area (Å²) in [5, 5.41) is 10.2. The zero-order valence-corrected chi connectivity index (χ0v) is 17.0. The van der Waals surface area contributed by atoms with Gasteiger partial charge in [0.1, 0.15) is 0 Å². The van der Waals surface area contributed by atoms with E-state index in [0.29, 0.717) is 6.54 Å². The Morgan fingerprint density at radius 2 is 1.92 bits per heavy atom. The van der Waals surface area contributed by atoms with Gasteiger partial charge >= 0.3 is 0 Å². The van der Waals surface area contributed by atoms with Gasteiger partial charge in [0.05, 0.1) is 18.2 Å². The molecule has 0 aliphatic rings. The topological polar surface area (TPSA) is 76.0 Å². The molecule has 2 N–H and O–H groups in total. The Morgan fingerprint density at radius 3 is 2.50 bits per heavy atom. The van der Waals surface area contributed by atoms with Crippen molar-refractivity contribution in [2.75, 3.05) is 6.54 Å². The highest BCUT2D eigenvalue weighted by Gasteiger charge is 2.17. The summed E-state index contributed by atoms with van der Waals surface area (Å²) in [6, 6.07) is 9.31. The standard InChI is InChI=1S/C19H25BrN4O2/c1-13-11-14(2)24(23-13)10-4-9-21-19(26)12-18(22-15(3)25)16-5-7-17(20)8-6-16/h5-8,11,18H,4,9-10,12H2,1-3H3,(H,21,26)(H,22,25). The number of aryl methyl sites for hydroxylation is 3. The number of carbonyl (C=O) groups is 2. The van der Waals surface area contributed by atoms with Crippen molar-refractivity contribution in [1.82, 2.24) is 20.4 Å². The monoisotopic (exact) mass is 420 g/mol. The lowest BCUT2D eigenvalue weighted by atomic mass is 10.0. The number of amides is 2. The first kappa shape index (κ1) is 20.2. The van der Waals surface area contributed by atoms with Crippen LogP contribution in [0.1, 0.15) is 42.8 Å². The molecule has 2 amide bonds. The van der Waals surface area contributed by atoms with Gasteiger partial charge in [0, 0.05) is 30.2 Å². The molecule has 26 heavy (non-hydrogen) atoms. The molecule has 1 atom stereocenters. The van der Waals surface area contributed by atoms with Crippen molar-refractivity contribution in [2.24, 2.45) is 0 Å². The average Bonchev–Trinajstić information content (AvgIpc) is 2.89. The van der Waals surface area contributed by atoms with E-state index in [1.807, 2.05) is 48.9 Å². The smallest absolute Gasteiger partial charge is 0.222 e. The van der Waals surface area contributed by atoms with Gasteiger partial charge in [-0.25, -0.2) is 0 Å². The molecule has 0 saturated heterocycles. The van der Waals surface area contributed by atoms with Crippen molar-refractivity contribution >= 4 is 27.7 Å². The van der Waals surface area contributed by atoms with Crippen LogP contribution in [0.3, 0.4) is 0 Å². The quantitative estimate of drug-likeness (QED) is 0.644. The maximum absolute atomic E-state index is 12.3. The molecule has 0 spiro atoms. The van der Waals surface area contributed by atoms with Crippen LogP contribution in [0.4, 0.5) is 0 Å². The third kappa shape index (κ3) is 6.29. The molecule has 2 aromatic rings. The maximum Gasteiger partial charge on any atom is 0.222 e. The van der Waals surface area contributed by atoms with E-state index in [0.717, 1.165) is 34.4 Å². The molecule has 0 radical (unpaired) electrons. The molecular formula is C19H25BrN4O2. The van der Waals surface area contributed by atoms with Crippen LogP contribution >= 0.6 is 15.9 Å². The fourth-order valence-electron chi connectivity index (χ4n) is 2.81. The Hall–Kier alpha value is -2.15. The van der Waals surface area contributed by atoms with Gasteiger partial charge in [-0.3, -0.25) is 14.3 Å². The number of nitrogens with one attached hydrogen (secondary N) is 2. The molecule has 1 aromatic heterocycles. The molecule has 1 unspecified atom stereocenters. The summed E-state index contributed by atoms with van der Waals surface area (Å²) in [6.45, 7) is 6.79. The zero-order valence-electron chi connectivity index (χ0n) is 15.4. The Balaban J connectivity index is 1.83. The van der Waals surface area contributed by atoms with Crippen LogP contribution in [0.15, 0.2) is 34.8 Å². The first-order chi connectivity index (χ1) is 12.3. The third-order valence-corrected chi connectivity index (χ3v) is 4.54. The normalized spacial score (nSPS) is 11.8. The predicted molar refractivity (Wildman–Crippen MR) is 105 cm³/mol. The highest BCUT2D eigenvalue weighted by atomic mass is 79.9. The van der Waals surface area contributed by atoms with Crippen LogP contribution in [0.2, 0.25) is 0 Å². The number of hydrogen-bond donors (Lipinski definition) is 2. The second-order valence-corrected chi connectivity index (χ2v) is 7.28. The number of halogens is 1. The summed E-state index contributed by atoms with van der Waals surface area (Å²) in [4.78, 5) is 23.7. The predicted octanol–water partition coefficient (Wildman–Crippen LogP) is 3.04. The number of benzene rings is 1. The molecular weight excluding hydrogens is 396 g/mol. The molecule has 1 heterocycles. The van der Waals surface area contributed by atoms with Gasteiger partial charge in [-0.1, -0.05) is 28.1 Å². The highest BCUT2D eigenvalue weighted by Crippen LogP contribution is 2.19. The van der Waals surface area contributed by atoms with E-state index in [2.05, 4.69) is 31.7 Å². The molecule has 2 rings (SSSR count). The van der Waals surface area contributed by atoms with Crippen molar-refractivity contribution in [3.8, 4) is 0 Å². The first-order valence-corrected chi connectivity index (χ1v) is 9.45. The summed E-state index contributed by atoms with van der Waals surface area (Å²) < 4.78 is 2.90. The van der Waals surface area contributed by atoms with Crippen molar-refractivity contribution in [2.45, 2.75) is 46.2 Å². The number of carbonyl (C=O) groups excluding carboxylic acids is 2. The number of rotatable bonds is 8. The van der Waals surface area contributed by atoms with E-state index in [1.54, 1.807) is 0 Å². The molecule has 0 fully saturated rings. The molecule has 0 saturated carbocycles. The van der Waals surface area contributed by atoms with E-state index in [4.69, 9.17) is 0 Å². The first-order valence-electron chi connectivity index (χ1n) is 8.65. The molecule has 7 heteroatoms.